The Morgan fingerprint density at radius 3 is 2.22 bits per heavy atom. The zero-order valence-corrected chi connectivity index (χ0v) is 6.68. The molecule has 0 rings (SSSR count). The van der Waals surface area contributed by atoms with Crippen LogP contribution in [0.2, 0.25) is 0 Å². The van der Waals surface area contributed by atoms with Crippen LogP contribution in [0.1, 0.15) is 27.7 Å². The van der Waals surface area contributed by atoms with Gasteiger partial charge in [0.1, 0.15) is 0 Å². The van der Waals surface area contributed by atoms with Crippen molar-refractivity contribution in [1.29, 1.82) is 0 Å². The van der Waals surface area contributed by atoms with Gasteiger partial charge in [0, 0.05) is 12.3 Å². The predicted molar refractivity (Wildman–Crippen MR) is 41.6 cm³/mol. The van der Waals surface area contributed by atoms with Gasteiger partial charge in [0.15, 0.2) is 0 Å². The molecule has 9 heavy (non-hydrogen) atoms. The third-order valence-corrected chi connectivity index (χ3v) is 1.41. The van der Waals surface area contributed by atoms with Crippen LogP contribution in [0.4, 0.5) is 0 Å². The lowest BCUT2D eigenvalue weighted by molar-refractivity contribution is 0.439. The monoisotopic (exact) mass is 128 g/mol. The Bertz CT molecular complexity index is 86.9. The summed E-state index contributed by atoms with van der Waals surface area (Å²) in [6.45, 7) is 8.36. The van der Waals surface area contributed by atoms with Crippen molar-refractivity contribution in [3.05, 3.63) is 0 Å². The average Bonchev–Trinajstić information content (AvgIpc) is 1.82. The van der Waals surface area contributed by atoms with Crippen molar-refractivity contribution >= 4 is 6.21 Å². The topological polar surface area (TPSA) is 24.4 Å². The van der Waals surface area contributed by atoms with E-state index in [1.165, 1.54) is 0 Å². The highest BCUT2D eigenvalue weighted by Gasteiger charge is 2.02. The van der Waals surface area contributed by atoms with Gasteiger partial charge in [0.25, 0.3) is 0 Å². The zero-order valence-electron chi connectivity index (χ0n) is 6.68. The van der Waals surface area contributed by atoms with Crippen LogP contribution in [0.25, 0.3) is 0 Å². The Kier molecular flexibility index (Phi) is 4.10. The zero-order chi connectivity index (χ0) is 7.28. The van der Waals surface area contributed by atoms with E-state index in [0.717, 1.165) is 0 Å². The molecule has 0 spiro atoms. The highest BCUT2D eigenvalue weighted by Crippen LogP contribution is 1.98. The smallest absolute Gasteiger partial charge is 0.0434 e. The van der Waals surface area contributed by atoms with Crippen LogP contribution in [-0.4, -0.2) is 12.3 Å². The second-order valence-electron chi connectivity index (χ2n) is 2.55. The van der Waals surface area contributed by atoms with Crippen molar-refractivity contribution in [2.24, 2.45) is 11.0 Å². The van der Waals surface area contributed by atoms with Gasteiger partial charge in [-0.2, -0.15) is 5.10 Å². The number of hydrogen-bond donors (Lipinski definition) is 1. The second kappa shape index (κ2) is 4.36. The third kappa shape index (κ3) is 4.01. The predicted octanol–water partition coefficient (Wildman–Crippen LogP) is 1.63. The first-order valence-electron chi connectivity index (χ1n) is 3.41. The average molecular weight is 128 g/mol. The Morgan fingerprint density at radius 1 is 1.33 bits per heavy atom. The molecule has 1 atom stereocenters. The summed E-state index contributed by atoms with van der Waals surface area (Å²) >= 11 is 0. The van der Waals surface area contributed by atoms with Gasteiger partial charge in [-0.3, -0.25) is 0 Å². The molecule has 0 saturated heterocycles. The fourth-order valence-electron chi connectivity index (χ4n) is 0.341. The molecule has 0 aromatic carbocycles. The maximum absolute atomic E-state index is 3.92. The number of rotatable bonds is 3. The van der Waals surface area contributed by atoms with Gasteiger partial charge >= 0.3 is 0 Å². The first-order chi connectivity index (χ1) is 4.18. The molecule has 0 aliphatic heterocycles. The first-order valence-corrected chi connectivity index (χ1v) is 3.41. The fraction of sp³-hybridized carbons (Fsp3) is 0.857. The van der Waals surface area contributed by atoms with Gasteiger partial charge in [0.2, 0.25) is 0 Å². The van der Waals surface area contributed by atoms with E-state index in [4.69, 9.17) is 0 Å². The summed E-state index contributed by atoms with van der Waals surface area (Å²) in [5.74, 6) is 0.647. The van der Waals surface area contributed by atoms with Crippen molar-refractivity contribution in [3.63, 3.8) is 0 Å². The number of hydrogen-bond acceptors (Lipinski definition) is 2. The van der Waals surface area contributed by atoms with Gasteiger partial charge < -0.3 is 5.43 Å². The van der Waals surface area contributed by atoms with Crippen LogP contribution in [0.3, 0.4) is 0 Å². The molecule has 0 aliphatic carbocycles. The van der Waals surface area contributed by atoms with E-state index >= 15 is 0 Å². The number of nitrogens with one attached hydrogen (secondary N) is 1. The highest BCUT2D eigenvalue weighted by atomic mass is 15.3. The van der Waals surface area contributed by atoms with Crippen LogP contribution >= 0.6 is 0 Å². The Morgan fingerprint density at radius 2 is 1.89 bits per heavy atom. The molecule has 0 aromatic heterocycles. The molecule has 0 fully saturated rings. The molecule has 0 amide bonds. The van der Waals surface area contributed by atoms with Crippen LogP contribution in [0.5, 0.6) is 0 Å². The van der Waals surface area contributed by atoms with Crippen LogP contribution in [0, 0.1) is 5.92 Å². The minimum absolute atomic E-state index is 0.473. The molecule has 54 valence electrons. The van der Waals surface area contributed by atoms with E-state index in [0.29, 0.717) is 12.0 Å². The quantitative estimate of drug-likeness (QED) is 0.453. The minimum atomic E-state index is 0.473. The molecule has 0 saturated carbocycles. The lowest BCUT2D eigenvalue weighted by Gasteiger charge is -2.13. The van der Waals surface area contributed by atoms with E-state index in [1.54, 1.807) is 6.21 Å². The standard InChI is InChI=1S/C7H16N2/c1-5-8-9-7(4)6(2)3/h5-7,9H,1-4H3/b8-5-/t7-/m1/s1. The van der Waals surface area contributed by atoms with E-state index < -0.39 is 0 Å². The van der Waals surface area contributed by atoms with Gasteiger partial charge in [0.05, 0.1) is 0 Å². The molecule has 0 radical (unpaired) electrons. The SMILES string of the molecule is C/C=N\N[C@H](C)C(C)C. The van der Waals surface area contributed by atoms with Crippen LogP contribution in [0.15, 0.2) is 5.10 Å². The number of nitrogens with zero attached hydrogens (tertiary/aromatic N) is 1. The van der Waals surface area contributed by atoms with Crippen molar-refractivity contribution < 1.29 is 0 Å². The summed E-state index contributed by atoms with van der Waals surface area (Å²) < 4.78 is 0. The molecule has 1 N–H and O–H groups in total. The van der Waals surface area contributed by atoms with Crippen LogP contribution in [-0.2, 0) is 0 Å². The maximum atomic E-state index is 3.92. The van der Waals surface area contributed by atoms with E-state index in [2.05, 4.69) is 31.3 Å². The third-order valence-electron chi connectivity index (χ3n) is 1.41. The van der Waals surface area contributed by atoms with Crippen molar-refractivity contribution in [2.75, 3.05) is 0 Å². The van der Waals surface area contributed by atoms with Gasteiger partial charge in [-0.15, -0.1) is 0 Å². The lowest BCUT2D eigenvalue weighted by atomic mass is 10.1. The highest BCUT2D eigenvalue weighted by molar-refractivity contribution is 5.52. The Labute approximate surface area is 57.3 Å². The second-order valence-corrected chi connectivity index (χ2v) is 2.55. The molecule has 0 aliphatic rings. The number of hydrazone groups is 1. The maximum Gasteiger partial charge on any atom is 0.0434 e. The van der Waals surface area contributed by atoms with E-state index in [-0.39, 0.29) is 0 Å². The largest absolute Gasteiger partial charge is 0.307 e. The summed E-state index contributed by atoms with van der Waals surface area (Å²) in [7, 11) is 0. The van der Waals surface area contributed by atoms with Gasteiger partial charge in [-0.1, -0.05) is 13.8 Å². The lowest BCUT2D eigenvalue weighted by Crippen LogP contribution is -2.25. The van der Waals surface area contributed by atoms with Gasteiger partial charge in [-0.25, -0.2) is 0 Å². The molecule has 0 unspecified atom stereocenters. The van der Waals surface area contributed by atoms with Gasteiger partial charge in [-0.05, 0) is 19.8 Å². The van der Waals surface area contributed by atoms with E-state index in [9.17, 15) is 0 Å². The Hall–Kier alpha value is -0.530. The fourth-order valence-corrected chi connectivity index (χ4v) is 0.341. The summed E-state index contributed by atoms with van der Waals surface area (Å²) in [5, 5.41) is 3.92. The molecular formula is C7H16N2. The summed E-state index contributed by atoms with van der Waals surface area (Å²) in [6.07, 6.45) is 1.76. The molecular weight excluding hydrogens is 112 g/mol. The summed E-state index contributed by atoms with van der Waals surface area (Å²) in [5.41, 5.74) is 3.00. The van der Waals surface area contributed by atoms with Crippen molar-refractivity contribution in [3.8, 4) is 0 Å². The molecule has 0 bridgehead atoms. The summed E-state index contributed by atoms with van der Waals surface area (Å²) in [6, 6.07) is 0.473. The normalized spacial score (nSPS) is 14.8. The van der Waals surface area contributed by atoms with E-state index in [1.807, 2.05) is 6.92 Å². The molecule has 2 nitrogen and oxygen atoms in total. The molecule has 0 heterocycles. The Balaban J connectivity index is 3.38. The van der Waals surface area contributed by atoms with Crippen molar-refractivity contribution in [1.82, 2.24) is 5.43 Å². The minimum Gasteiger partial charge on any atom is -0.307 e. The van der Waals surface area contributed by atoms with Crippen molar-refractivity contribution in [2.45, 2.75) is 33.7 Å². The first kappa shape index (κ1) is 8.47. The summed E-state index contributed by atoms with van der Waals surface area (Å²) in [4.78, 5) is 0. The van der Waals surface area contributed by atoms with Crippen LogP contribution < -0.4 is 5.43 Å². The molecule has 0 aromatic rings. The molecule has 2 heteroatoms.